The van der Waals surface area contributed by atoms with Crippen molar-refractivity contribution < 1.29 is 9.47 Å². The minimum Gasteiger partial charge on any atom is -0.494 e. The van der Waals surface area contributed by atoms with Gasteiger partial charge in [-0.05, 0) is 96.5 Å². The van der Waals surface area contributed by atoms with Crippen LogP contribution in [0, 0.1) is 0 Å². The van der Waals surface area contributed by atoms with Crippen molar-refractivity contribution in [3.63, 3.8) is 0 Å². The predicted molar refractivity (Wildman–Crippen MR) is 178 cm³/mol. The Bertz CT molecular complexity index is 1260. The number of halogens is 2. The van der Waals surface area contributed by atoms with Gasteiger partial charge in [0.05, 0.1) is 13.2 Å². The Morgan fingerprint density at radius 1 is 0.463 bits per heavy atom. The molecule has 0 bridgehead atoms. The van der Waals surface area contributed by atoms with Gasteiger partial charge in [-0.25, -0.2) is 0 Å². The minimum atomic E-state index is 0.0549. The maximum atomic E-state index is 5.92. The summed E-state index contributed by atoms with van der Waals surface area (Å²) in [6.45, 7) is 1.57. The first-order valence-corrected chi connectivity index (χ1v) is 16.7. The highest BCUT2D eigenvalue weighted by Crippen LogP contribution is 2.55. The lowest BCUT2D eigenvalue weighted by Gasteiger charge is -2.33. The third-order valence-corrected chi connectivity index (χ3v) is 9.29. The molecule has 4 aromatic rings. The molecule has 0 fully saturated rings. The molecule has 214 valence electrons. The van der Waals surface area contributed by atoms with Crippen molar-refractivity contribution in [2.45, 2.75) is 69.6 Å². The van der Waals surface area contributed by atoms with Crippen molar-refractivity contribution in [3.05, 3.63) is 117 Å². The van der Waals surface area contributed by atoms with Gasteiger partial charge < -0.3 is 9.47 Å². The highest BCUT2D eigenvalue weighted by atomic mass is 79.9. The smallest absolute Gasteiger partial charge is 0.119 e. The third kappa shape index (κ3) is 7.84. The van der Waals surface area contributed by atoms with E-state index in [1.165, 1.54) is 82.6 Å². The third-order valence-electron chi connectivity index (χ3n) is 8.30. The zero-order valence-electron chi connectivity index (χ0n) is 23.8. The monoisotopic (exact) mass is 674 g/mol. The molecule has 0 unspecified atom stereocenters. The van der Waals surface area contributed by atoms with Gasteiger partial charge in [0.15, 0.2) is 0 Å². The van der Waals surface area contributed by atoms with E-state index in [-0.39, 0.29) is 5.41 Å². The van der Waals surface area contributed by atoms with Gasteiger partial charge in [0.2, 0.25) is 0 Å². The number of fused-ring (bicyclic) bond motifs is 3. The second-order valence-electron chi connectivity index (χ2n) is 11.1. The van der Waals surface area contributed by atoms with Crippen LogP contribution < -0.4 is 9.47 Å². The molecule has 1 aliphatic carbocycles. The van der Waals surface area contributed by atoms with E-state index in [0.29, 0.717) is 0 Å². The Labute approximate surface area is 262 Å². The topological polar surface area (TPSA) is 18.5 Å². The Balaban J connectivity index is 1.20. The molecule has 0 N–H and O–H groups in total. The van der Waals surface area contributed by atoms with E-state index < -0.39 is 0 Å². The largest absolute Gasteiger partial charge is 0.494 e. The van der Waals surface area contributed by atoms with Crippen LogP contribution in [-0.2, 0) is 5.41 Å². The first-order valence-electron chi connectivity index (χ1n) is 15.1. The highest BCUT2D eigenvalue weighted by Gasteiger charge is 2.42. The number of ether oxygens (including phenoxy) is 2. The van der Waals surface area contributed by atoms with Gasteiger partial charge in [-0.3, -0.25) is 0 Å². The van der Waals surface area contributed by atoms with E-state index in [1.54, 1.807) is 0 Å². The summed E-state index contributed by atoms with van der Waals surface area (Å²) in [6, 6.07) is 34.1. The normalized spacial score (nSPS) is 13.0. The molecule has 0 aromatic heterocycles. The van der Waals surface area contributed by atoms with Crippen LogP contribution >= 0.6 is 31.9 Å². The molecule has 4 heteroatoms. The number of benzene rings is 4. The second-order valence-corrected chi connectivity index (χ2v) is 12.9. The van der Waals surface area contributed by atoms with Crippen LogP contribution in [0.5, 0.6) is 11.5 Å². The predicted octanol–water partition coefficient (Wildman–Crippen LogP) is 11.5. The lowest BCUT2D eigenvalue weighted by atomic mass is 9.70. The number of unbranched alkanes of at least 4 members (excludes halogenated alkanes) is 6. The van der Waals surface area contributed by atoms with Gasteiger partial charge in [0.25, 0.3) is 0 Å². The van der Waals surface area contributed by atoms with Crippen molar-refractivity contribution in [2.75, 3.05) is 13.2 Å². The number of para-hydroxylation sites is 2. The van der Waals surface area contributed by atoms with Gasteiger partial charge >= 0.3 is 0 Å². The first-order chi connectivity index (χ1) is 20.2. The van der Waals surface area contributed by atoms with Crippen LogP contribution in [0.1, 0.15) is 75.3 Å². The van der Waals surface area contributed by atoms with Gasteiger partial charge in [0.1, 0.15) is 11.5 Å². The van der Waals surface area contributed by atoms with E-state index in [9.17, 15) is 0 Å². The minimum absolute atomic E-state index is 0.0549. The molecule has 0 radical (unpaired) electrons. The quantitative estimate of drug-likeness (QED) is 0.110. The van der Waals surface area contributed by atoms with Crippen LogP contribution in [-0.4, -0.2) is 13.2 Å². The number of hydrogen-bond donors (Lipinski definition) is 0. The molecule has 0 heterocycles. The van der Waals surface area contributed by atoms with E-state index in [0.717, 1.165) is 37.6 Å². The summed E-state index contributed by atoms with van der Waals surface area (Å²) in [6.07, 6.45) is 11.8. The molecule has 0 spiro atoms. The highest BCUT2D eigenvalue weighted by molar-refractivity contribution is 9.10. The maximum Gasteiger partial charge on any atom is 0.119 e. The summed E-state index contributed by atoms with van der Waals surface area (Å²) < 4.78 is 14.2. The summed E-state index contributed by atoms with van der Waals surface area (Å²) in [4.78, 5) is 0. The zero-order valence-corrected chi connectivity index (χ0v) is 27.0. The summed E-state index contributed by atoms with van der Waals surface area (Å²) in [7, 11) is 0. The Kier molecular flexibility index (Phi) is 11.0. The van der Waals surface area contributed by atoms with Crippen LogP contribution in [0.15, 0.2) is 106 Å². The number of hydrogen-bond acceptors (Lipinski definition) is 2. The average molecular weight is 677 g/mol. The van der Waals surface area contributed by atoms with E-state index in [4.69, 9.17) is 9.47 Å². The molecule has 0 amide bonds. The summed E-state index contributed by atoms with van der Waals surface area (Å²) in [5.41, 5.74) is 5.87. The lowest BCUT2D eigenvalue weighted by Crippen LogP contribution is -2.25. The first kappa shape index (κ1) is 29.9. The zero-order chi connectivity index (χ0) is 28.3. The fourth-order valence-corrected chi connectivity index (χ4v) is 7.00. The van der Waals surface area contributed by atoms with Crippen molar-refractivity contribution in [2.24, 2.45) is 0 Å². The molecule has 0 atom stereocenters. The Morgan fingerprint density at radius 2 is 0.878 bits per heavy atom. The SMILES string of the molecule is Brc1ccc2c(c1)C(CCCCCCOc1ccccc1)(CCCCCCOc1ccccc1)c1cc(Br)ccc1-2. The standard InChI is InChI=1S/C37H40Br2O2/c38-29-19-21-33-34-22-20-30(39)28-36(34)37(35(33)27-29,23-11-1-3-13-25-40-31-15-7-5-8-16-31)24-12-2-4-14-26-41-32-17-9-6-10-18-32/h5-10,15-22,27-28H,1-4,11-14,23-26H2. The fourth-order valence-electron chi connectivity index (χ4n) is 6.28. The molecule has 0 aliphatic heterocycles. The Hall–Kier alpha value is -2.56. The maximum absolute atomic E-state index is 5.92. The number of rotatable bonds is 16. The van der Waals surface area contributed by atoms with Crippen LogP contribution in [0.4, 0.5) is 0 Å². The fraction of sp³-hybridized carbons (Fsp3) is 0.351. The summed E-state index contributed by atoms with van der Waals surface area (Å²) in [5, 5.41) is 0. The molecule has 0 saturated heterocycles. The van der Waals surface area contributed by atoms with E-state index in [1.807, 2.05) is 60.7 Å². The molecular formula is C37H40Br2O2. The van der Waals surface area contributed by atoms with Crippen molar-refractivity contribution >= 4 is 31.9 Å². The lowest BCUT2D eigenvalue weighted by molar-refractivity contribution is 0.300. The van der Waals surface area contributed by atoms with Crippen molar-refractivity contribution in [1.82, 2.24) is 0 Å². The van der Waals surface area contributed by atoms with Crippen molar-refractivity contribution in [3.8, 4) is 22.6 Å². The molecule has 41 heavy (non-hydrogen) atoms. The van der Waals surface area contributed by atoms with Crippen LogP contribution in [0.3, 0.4) is 0 Å². The van der Waals surface area contributed by atoms with E-state index >= 15 is 0 Å². The molecule has 1 aliphatic rings. The summed E-state index contributed by atoms with van der Waals surface area (Å²) >= 11 is 7.60. The summed E-state index contributed by atoms with van der Waals surface area (Å²) in [5.74, 6) is 1.93. The molecule has 5 rings (SSSR count). The molecule has 2 nitrogen and oxygen atoms in total. The van der Waals surface area contributed by atoms with Crippen LogP contribution in [0.25, 0.3) is 11.1 Å². The van der Waals surface area contributed by atoms with Gasteiger partial charge in [0, 0.05) is 14.4 Å². The Morgan fingerprint density at radius 3 is 1.32 bits per heavy atom. The van der Waals surface area contributed by atoms with Gasteiger partial charge in [-0.2, -0.15) is 0 Å². The van der Waals surface area contributed by atoms with Gasteiger partial charge in [-0.15, -0.1) is 0 Å². The average Bonchev–Trinajstić information content (AvgIpc) is 3.25. The van der Waals surface area contributed by atoms with Gasteiger partial charge in [-0.1, -0.05) is 119 Å². The van der Waals surface area contributed by atoms with Crippen molar-refractivity contribution in [1.29, 1.82) is 0 Å². The molecule has 4 aromatic carbocycles. The second kappa shape index (κ2) is 15.1. The molecule has 0 saturated carbocycles. The molecular weight excluding hydrogens is 636 g/mol. The van der Waals surface area contributed by atoms with E-state index in [2.05, 4.69) is 68.3 Å². The van der Waals surface area contributed by atoms with Crippen LogP contribution in [0.2, 0.25) is 0 Å².